The fraction of sp³-hybridized carbons (Fsp3) is 0. The van der Waals surface area contributed by atoms with Crippen molar-refractivity contribution < 1.29 is 88.8 Å². The van der Waals surface area contributed by atoms with Crippen LogP contribution in [0.15, 0.2) is 0 Å². The maximum Gasteiger partial charge on any atom is 0.394 e. The molecule has 0 saturated heterocycles. The second-order valence-corrected chi connectivity index (χ2v) is 1.34. The van der Waals surface area contributed by atoms with E-state index < -0.39 is 10.4 Å². The van der Waals surface area contributed by atoms with E-state index in [-0.39, 0.29) is 71.3 Å². The molecule has 122 valence electrons. The first-order valence-electron chi connectivity index (χ1n) is 0.698. The van der Waals surface area contributed by atoms with Crippen molar-refractivity contribution in [3.63, 3.8) is 0 Å². The van der Waals surface area contributed by atoms with Gasteiger partial charge in [0, 0.05) is 16.5 Å². The first-order chi connectivity index (χ1) is 2.00. The molecule has 16 heteroatoms. The topological polar surface area (TPSA) is 390 Å². The predicted octanol–water partition coefficient (Wildman–Crippen LogP) is -8.90. The Hall–Kier alpha value is -0.0365. The van der Waals surface area contributed by atoms with E-state index in [9.17, 15) is 0 Å². The van der Waals surface area contributed by atoms with Crippen LogP contribution in [0.2, 0.25) is 0 Å². The molecular formula is H22NiO14S. The molecule has 0 rings (SSSR count). The molecule has 0 aromatic rings. The van der Waals surface area contributed by atoms with Crippen LogP contribution in [0.1, 0.15) is 0 Å². The van der Waals surface area contributed by atoms with Crippen LogP contribution in [0, 0.1) is 0 Å². The zero-order valence-corrected chi connectivity index (χ0v) is 9.24. The molecule has 0 heterocycles. The van der Waals surface area contributed by atoms with Gasteiger partial charge in [-0.2, -0.15) is 8.42 Å². The van der Waals surface area contributed by atoms with E-state index in [0.717, 1.165) is 0 Å². The third-order valence-corrected chi connectivity index (χ3v) is 0. The molecule has 22 N–H and O–H groups in total. The first kappa shape index (κ1) is 228. The summed E-state index contributed by atoms with van der Waals surface area (Å²) in [6.45, 7) is 0. The van der Waals surface area contributed by atoms with Crippen molar-refractivity contribution >= 4 is 10.4 Å². The van der Waals surface area contributed by atoms with Crippen LogP contribution < -0.4 is 0 Å². The largest absolute Gasteiger partial charge is 0.412 e. The van der Waals surface area contributed by atoms with E-state index in [1.807, 2.05) is 0 Å². The van der Waals surface area contributed by atoms with Gasteiger partial charge in [-0.1, -0.05) is 0 Å². The van der Waals surface area contributed by atoms with Crippen molar-refractivity contribution in [1.29, 1.82) is 0 Å². The fourth-order valence-electron chi connectivity index (χ4n) is 0. The van der Waals surface area contributed by atoms with Crippen molar-refractivity contribution in [2.75, 3.05) is 0 Å². The van der Waals surface area contributed by atoms with Crippen molar-refractivity contribution in [2.24, 2.45) is 0 Å². The van der Waals surface area contributed by atoms with Gasteiger partial charge in [-0.05, 0) is 0 Å². The second kappa shape index (κ2) is 82.0. The summed E-state index contributed by atoms with van der Waals surface area (Å²) in [6, 6.07) is 0. The van der Waals surface area contributed by atoms with E-state index >= 15 is 0 Å². The van der Waals surface area contributed by atoms with E-state index in [1.165, 1.54) is 0 Å². The van der Waals surface area contributed by atoms with Gasteiger partial charge in [0.05, 0.1) is 0 Å². The van der Waals surface area contributed by atoms with Gasteiger partial charge in [0.1, 0.15) is 0 Å². The third-order valence-electron chi connectivity index (χ3n) is 0. The molecule has 0 aliphatic carbocycles. The van der Waals surface area contributed by atoms with E-state index in [4.69, 9.17) is 17.5 Å². The normalized spacial score (nSPS) is 3.62. The van der Waals surface area contributed by atoms with Crippen LogP contribution >= 0.6 is 0 Å². The van der Waals surface area contributed by atoms with Gasteiger partial charge in [0.2, 0.25) is 0 Å². The standard InChI is InChI=1S/Ni.H2O4S.10H2O/c;1-5(2,3)4;;;;;;;;;;/h;(H2,1,2,3,4);10*1H2. The summed E-state index contributed by atoms with van der Waals surface area (Å²) in [5.41, 5.74) is 0. The summed E-state index contributed by atoms with van der Waals surface area (Å²) in [5, 5.41) is 0. The van der Waals surface area contributed by atoms with Gasteiger partial charge >= 0.3 is 10.4 Å². The molecule has 0 aliphatic rings. The summed E-state index contributed by atoms with van der Waals surface area (Å²) in [5.74, 6) is 0. The molecular weight excluding hydrogens is 315 g/mol. The molecule has 0 aromatic heterocycles. The van der Waals surface area contributed by atoms with Gasteiger partial charge < -0.3 is 54.8 Å². The Bertz CT molecular complexity index is 93.9. The molecule has 0 bridgehead atoms. The average molecular weight is 337 g/mol. The first-order valence-corrected chi connectivity index (χ1v) is 2.10. The Labute approximate surface area is 99.9 Å². The minimum atomic E-state index is -4.67. The maximum absolute atomic E-state index is 8.74. The number of hydrogen-bond donors (Lipinski definition) is 2. The van der Waals surface area contributed by atoms with Crippen LogP contribution in [-0.4, -0.2) is 72.3 Å². The quantitative estimate of drug-likeness (QED) is 0.320. The molecule has 0 saturated carbocycles. The minimum absolute atomic E-state index is 0. The molecule has 0 radical (unpaired) electrons. The summed E-state index contributed by atoms with van der Waals surface area (Å²) in [7, 11) is -4.67. The summed E-state index contributed by atoms with van der Waals surface area (Å²) >= 11 is 0. The van der Waals surface area contributed by atoms with Gasteiger partial charge in [0.15, 0.2) is 0 Å². The fourth-order valence-corrected chi connectivity index (χ4v) is 0. The van der Waals surface area contributed by atoms with E-state index in [1.54, 1.807) is 0 Å². The van der Waals surface area contributed by atoms with Crippen molar-refractivity contribution in [3.8, 4) is 0 Å². The Kier molecular flexibility index (Phi) is 1170. The molecule has 0 spiro atoms. The molecule has 0 fully saturated rings. The number of hydrogen-bond acceptors (Lipinski definition) is 2. The molecule has 0 amide bonds. The van der Waals surface area contributed by atoms with Crippen LogP contribution in [-0.2, 0) is 26.9 Å². The molecule has 0 unspecified atom stereocenters. The van der Waals surface area contributed by atoms with E-state index in [2.05, 4.69) is 0 Å². The van der Waals surface area contributed by atoms with Crippen molar-refractivity contribution in [1.82, 2.24) is 0 Å². The monoisotopic (exact) mass is 336 g/mol. The maximum atomic E-state index is 8.74. The smallest absolute Gasteiger partial charge is 0.394 e. The third kappa shape index (κ3) is 1760000. The number of rotatable bonds is 0. The minimum Gasteiger partial charge on any atom is -0.412 e. The molecule has 14 nitrogen and oxygen atoms in total. The van der Waals surface area contributed by atoms with Crippen LogP contribution in [0.4, 0.5) is 0 Å². The van der Waals surface area contributed by atoms with Gasteiger partial charge in [0.25, 0.3) is 0 Å². The van der Waals surface area contributed by atoms with Crippen LogP contribution in [0.5, 0.6) is 0 Å². The average Bonchev–Trinajstić information content (AvgIpc) is 0.722. The molecule has 0 aromatic carbocycles. The Morgan fingerprint density at radius 3 is 0.500 bits per heavy atom. The van der Waals surface area contributed by atoms with E-state index in [0.29, 0.717) is 0 Å². The molecule has 16 heavy (non-hydrogen) atoms. The van der Waals surface area contributed by atoms with Crippen LogP contribution in [0.3, 0.4) is 0 Å². The predicted molar refractivity (Wildman–Crippen MR) is 50.3 cm³/mol. The Morgan fingerprint density at radius 1 is 0.500 bits per heavy atom. The zero-order valence-electron chi connectivity index (χ0n) is 7.44. The Balaban J connectivity index is -0.00000000145. The summed E-state index contributed by atoms with van der Waals surface area (Å²) in [4.78, 5) is 0. The summed E-state index contributed by atoms with van der Waals surface area (Å²) in [6.07, 6.45) is 0. The second-order valence-electron chi connectivity index (χ2n) is 0.448. The van der Waals surface area contributed by atoms with Gasteiger partial charge in [-0.25, -0.2) is 0 Å². The SMILES string of the molecule is O.O.O.O.O.O.O.O.O.O.O=S(=O)(O)O.[Ni]. The van der Waals surface area contributed by atoms with Crippen LogP contribution in [0.25, 0.3) is 0 Å². The Morgan fingerprint density at radius 2 is 0.500 bits per heavy atom. The van der Waals surface area contributed by atoms with Gasteiger partial charge in [-0.15, -0.1) is 0 Å². The summed E-state index contributed by atoms with van der Waals surface area (Å²) < 4.78 is 31.6. The molecule has 0 aliphatic heterocycles. The zero-order chi connectivity index (χ0) is 4.50. The van der Waals surface area contributed by atoms with Crippen molar-refractivity contribution in [2.45, 2.75) is 0 Å². The van der Waals surface area contributed by atoms with Crippen molar-refractivity contribution in [3.05, 3.63) is 0 Å². The molecule has 0 atom stereocenters. The van der Waals surface area contributed by atoms with Gasteiger partial charge in [-0.3, -0.25) is 9.11 Å².